The molecule has 0 radical (unpaired) electrons. The molecule has 4 nitrogen and oxygen atoms in total. The average molecular weight is 444 g/mol. The molecule has 0 N–H and O–H groups in total. The highest BCUT2D eigenvalue weighted by Crippen LogP contribution is 2.30. The average Bonchev–Trinajstić information content (AvgIpc) is 3.25. The second-order valence-electron chi connectivity index (χ2n) is 8.73. The Morgan fingerprint density at radius 2 is 1.78 bits per heavy atom. The maximum atomic E-state index is 5.54. The Bertz CT molecular complexity index is 1240. The molecule has 0 fully saturated rings. The van der Waals surface area contributed by atoms with E-state index in [4.69, 9.17) is 14.7 Å². The van der Waals surface area contributed by atoms with Crippen molar-refractivity contribution in [3.05, 3.63) is 76.3 Å². The fourth-order valence-electron chi connectivity index (χ4n) is 3.77. The summed E-state index contributed by atoms with van der Waals surface area (Å²) in [5, 5.41) is 3.42. The summed E-state index contributed by atoms with van der Waals surface area (Å²) in [6.07, 6.45) is 7.42. The molecule has 0 saturated carbocycles. The lowest BCUT2D eigenvalue weighted by atomic mass is 9.84. The van der Waals surface area contributed by atoms with Crippen molar-refractivity contribution in [2.45, 2.75) is 40.0 Å². The van der Waals surface area contributed by atoms with Crippen LogP contribution < -0.4 is 4.74 Å². The minimum Gasteiger partial charge on any atom is -0.479 e. The van der Waals surface area contributed by atoms with E-state index < -0.39 is 0 Å². The minimum absolute atomic E-state index is 0.153. The number of fused-ring (bicyclic) bond motifs is 1. The number of benzene rings is 2. The van der Waals surface area contributed by atoms with Gasteiger partial charge in [0.15, 0.2) is 0 Å². The zero-order valence-electron chi connectivity index (χ0n) is 19.1. The molecule has 0 aliphatic rings. The Balaban J connectivity index is 1.52. The quantitative estimate of drug-likeness (QED) is 0.294. The maximum absolute atomic E-state index is 5.54. The number of allylic oxidation sites excluding steroid dienone is 1. The fourth-order valence-corrected chi connectivity index (χ4v) is 4.52. The van der Waals surface area contributed by atoms with E-state index in [1.165, 1.54) is 10.7 Å². The van der Waals surface area contributed by atoms with Crippen LogP contribution in [0.2, 0.25) is 0 Å². The molecule has 2 heterocycles. The summed E-state index contributed by atoms with van der Waals surface area (Å²) < 4.78 is 5.54. The smallest absolute Gasteiger partial charge is 0.240 e. The van der Waals surface area contributed by atoms with Crippen molar-refractivity contribution in [2.75, 3.05) is 7.11 Å². The Hall–Kier alpha value is -3.05. The number of nitrogens with zero attached hydrogens (tertiary/aromatic N) is 3. The van der Waals surface area contributed by atoms with Crippen molar-refractivity contribution >= 4 is 28.4 Å². The van der Waals surface area contributed by atoms with E-state index >= 15 is 0 Å². The third-order valence-electron chi connectivity index (χ3n) is 5.43. The molecule has 164 valence electrons. The van der Waals surface area contributed by atoms with Gasteiger partial charge in [-0.2, -0.15) is 0 Å². The number of methoxy groups -OCH3 is 1. The van der Waals surface area contributed by atoms with Crippen LogP contribution in [0.5, 0.6) is 5.88 Å². The maximum Gasteiger partial charge on any atom is 0.240 e. The standard InChI is InChI=1S/C27H29N3OS/c1-5-24-28-21(18-32-24)17-27(2,3)15-9-11-19-10-8-12-20(16-19)25-26(31-4)30-23-14-7-6-13-22(23)29-25/h6-14,16,18H,5,15,17H2,1-4H3/b11-9+. The fraction of sp³-hybridized carbons (Fsp3) is 0.296. The van der Waals surface area contributed by atoms with Crippen molar-refractivity contribution in [1.82, 2.24) is 15.0 Å². The van der Waals surface area contributed by atoms with Crippen LogP contribution in [0, 0.1) is 5.41 Å². The first-order valence-electron chi connectivity index (χ1n) is 11.0. The molecule has 32 heavy (non-hydrogen) atoms. The Morgan fingerprint density at radius 1 is 1.00 bits per heavy atom. The van der Waals surface area contributed by atoms with Crippen LogP contribution in [0.3, 0.4) is 0 Å². The molecule has 2 aromatic heterocycles. The summed E-state index contributed by atoms with van der Waals surface area (Å²) >= 11 is 1.76. The minimum atomic E-state index is 0.153. The summed E-state index contributed by atoms with van der Waals surface area (Å²) in [6, 6.07) is 16.2. The van der Waals surface area contributed by atoms with Gasteiger partial charge in [-0.3, -0.25) is 0 Å². The van der Waals surface area contributed by atoms with E-state index in [9.17, 15) is 0 Å². The molecular formula is C27H29N3OS. The second-order valence-corrected chi connectivity index (χ2v) is 9.67. The molecule has 0 saturated heterocycles. The number of aryl methyl sites for hydroxylation is 1. The van der Waals surface area contributed by atoms with Crippen LogP contribution in [0.1, 0.15) is 43.5 Å². The van der Waals surface area contributed by atoms with Crippen LogP contribution >= 0.6 is 11.3 Å². The van der Waals surface area contributed by atoms with E-state index in [-0.39, 0.29) is 5.41 Å². The highest BCUT2D eigenvalue weighted by molar-refractivity contribution is 7.09. The first kappa shape index (κ1) is 22.2. The predicted molar refractivity (Wildman–Crippen MR) is 134 cm³/mol. The van der Waals surface area contributed by atoms with Gasteiger partial charge in [-0.15, -0.1) is 11.3 Å². The van der Waals surface area contributed by atoms with Gasteiger partial charge in [0.1, 0.15) is 5.69 Å². The van der Waals surface area contributed by atoms with Gasteiger partial charge in [0.25, 0.3) is 0 Å². The number of aromatic nitrogens is 3. The van der Waals surface area contributed by atoms with E-state index in [1.54, 1.807) is 18.4 Å². The van der Waals surface area contributed by atoms with E-state index in [0.29, 0.717) is 5.88 Å². The number of hydrogen-bond acceptors (Lipinski definition) is 5. The van der Waals surface area contributed by atoms with Crippen LogP contribution in [-0.2, 0) is 12.8 Å². The SMILES string of the molecule is CCc1nc(CC(C)(C)C/C=C/c2cccc(-c3nc4ccccc4nc3OC)c2)cs1. The molecule has 0 spiro atoms. The van der Waals surface area contributed by atoms with Gasteiger partial charge in [-0.05, 0) is 48.4 Å². The van der Waals surface area contributed by atoms with Gasteiger partial charge in [0, 0.05) is 10.9 Å². The van der Waals surface area contributed by atoms with Gasteiger partial charge in [-0.1, -0.05) is 63.3 Å². The van der Waals surface area contributed by atoms with Gasteiger partial charge >= 0.3 is 0 Å². The third-order valence-corrected chi connectivity index (χ3v) is 6.48. The van der Waals surface area contributed by atoms with Crippen LogP contribution in [-0.4, -0.2) is 22.1 Å². The molecule has 0 amide bonds. The van der Waals surface area contributed by atoms with Crippen molar-refractivity contribution < 1.29 is 4.74 Å². The summed E-state index contributed by atoms with van der Waals surface area (Å²) in [4.78, 5) is 14.2. The largest absolute Gasteiger partial charge is 0.479 e. The van der Waals surface area contributed by atoms with Gasteiger partial charge < -0.3 is 4.74 Å². The number of para-hydroxylation sites is 2. The topological polar surface area (TPSA) is 47.9 Å². The van der Waals surface area contributed by atoms with Gasteiger partial charge in [0.2, 0.25) is 5.88 Å². The summed E-state index contributed by atoms with van der Waals surface area (Å²) in [5.41, 5.74) is 5.94. The van der Waals surface area contributed by atoms with E-state index in [2.05, 4.69) is 67.6 Å². The molecule has 0 aliphatic carbocycles. The van der Waals surface area contributed by atoms with Crippen molar-refractivity contribution in [1.29, 1.82) is 0 Å². The highest BCUT2D eigenvalue weighted by atomic mass is 32.1. The first-order valence-corrected chi connectivity index (χ1v) is 11.9. The highest BCUT2D eigenvalue weighted by Gasteiger charge is 2.18. The number of ether oxygens (including phenoxy) is 1. The summed E-state index contributed by atoms with van der Waals surface area (Å²) in [7, 11) is 1.64. The molecular weight excluding hydrogens is 414 g/mol. The molecule has 5 heteroatoms. The molecule has 0 unspecified atom stereocenters. The first-order chi connectivity index (χ1) is 15.5. The molecule has 4 aromatic rings. The number of thiazole rings is 1. The second kappa shape index (κ2) is 9.61. The lowest BCUT2D eigenvalue weighted by molar-refractivity contribution is 0.366. The predicted octanol–water partition coefficient (Wildman–Crippen LogP) is 7.00. The summed E-state index contributed by atoms with van der Waals surface area (Å²) in [5.74, 6) is 0.542. The normalized spacial score (nSPS) is 12.0. The Labute approximate surface area is 194 Å². The lowest BCUT2D eigenvalue weighted by Gasteiger charge is -2.21. The van der Waals surface area contributed by atoms with Crippen molar-refractivity contribution in [2.24, 2.45) is 5.41 Å². The van der Waals surface area contributed by atoms with Crippen LogP contribution in [0.4, 0.5) is 0 Å². The molecule has 2 aromatic carbocycles. The molecule has 0 bridgehead atoms. The number of rotatable bonds is 8. The Morgan fingerprint density at radius 3 is 2.50 bits per heavy atom. The third kappa shape index (κ3) is 5.22. The summed E-state index contributed by atoms with van der Waals surface area (Å²) in [6.45, 7) is 6.76. The molecule has 4 rings (SSSR count). The van der Waals surface area contributed by atoms with Crippen LogP contribution in [0.25, 0.3) is 28.4 Å². The van der Waals surface area contributed by atoms with Gasteiger partial charge in [0.05, 0.1) is 28.8 Å². The van der Waals surface area contributed by atoms with Crippen LogP contribution in [0.15, 0.2) is 60.0 Å². The molecule has 0 aliphatic heterocycles. The molecule has 0 atom stereocenters. The zero-order chi connectivity index (χ0) is 22.6. The van der Waals surface area contributed by atoms with Crippen molar-refractivity contribution in [3.63, 3.8) is 0 Å². The van der Waals surface area contributed by atoms with Crippen molar-refractivity contribution in [3.8, 4) is 17.1 Å². The zero-order valence-corrected chi connectivity index (χ0v) is 19.9. The van der Waals surface area contributed by atoms with Gasteiger partial charge in [-0.25, -0.2) is 15.0 Å². The Kier molecular flexibility index (Phi) is 6.66. The number of hydrogen-bond donors (Lipinski definition) is 0. The monoisotopic (exact) mass is 443 g/mol. The van der Waals surface area contributed by atoms with E-state index in [1.807, 2.05) is 24.3 Å². The lowest BCUT2D eigenvalue weighted by Crippen LogP contribution is -2.14. The van der Waals surface area contributed by atoms with E-state index in [0.717, 1.165) is 47.1 Å².